The van der Waals surface area contributed by atoms with Gasteiger partial charge in [0.25, 0.3) is 5.91 Å². The van der Waals surface area contributed by atoms with Gasteiger partial charge in [0.05, 0.1) is 17.7 Å². The standard InChI is InChI=1S/C12H15Br2NO2/c1-3-12(2,7-16)15-11(17)9-6-8(13)4-5-10(9)14/h4-6,16H,3,7H2,1-2H3,(H,15,17). The van der Waals surface area contributed by atoms with E-state index in [0.29, 0.717) is 12.0 Å². The van der Waals surface area contributed by atoms with Crippen molar-refractivity contribution >= 4 is 37.8 Å². The fourth-order valence-electron chi connectivity index (χ4n) is 1.25. The van der Waals surface area contributed by atoms with E-state index in [1.54, 1.807) is 12.1 Å². The number of rotatable bonds is 4. The zero-order chi connectivity index (χ0) is 13.1. The van der Waals surface area contributed by atoms with Gasteiger partial charge in [0.2, 0.25) is 0 Å². The summed E-state index contributed by atoms with van der Waals surface area (Å²) < 4.78 is 1.57. The molecule has 0 aliphatic carbocycles. The molecular formula is C12H15Br2NO2. The molecule has 1 aromatic carbocycles. The average molecular weight is 365 g/mol. The second-order valence-electron chi connectivity index (χ2n) is 4.15. The van der Waals surface area contributed by atoms with Crippen LogP contribution >= 0.6 is 31.9 Å². The van der Waals surface area contributed by atoms with E-state index in [4.69, 9.17) is 0 Å². The van der Waals surface area contributed by atoms with Gasteiger partial charge in [0, 0.05) is 8.95 Å². The van der Waals surface area contributed by atoms with Crippen LogP contribution in [0.2, 0.25) is 0 Å². The number of halogens is 2. The Labute approximate surface area is 118 Å². The molecular weight excluding hydrogens is 350 g/mol. The Kier molecular flexibility index (Phi) is 5.16. The van der Waals surface area contributed by atoms with Crippen LogP contribution in [0, 0.1) is 0 Å². The van der Waals surface area contributed by atoms with Crippen LogP contribution < -0.4 is 5.32 Å². The molecule has 0 aliphatic rings. The van der Waals surface area contributed by atoms with E-state index in [0.717, 1.165) is 8.95 Å². The van der Waals surface area contributed by atoms with Gasteiger partial charge in [-0.3, -0.25) is 4.79 Å². The monoisotopic (exact) mass is 363 g/mol. The summed E-state index contributed by atoms with van der Waals surface area (Å²) in [4.78, 5) is 12.1. The van der Waals surface area contributed by atoms with Crippen molar-refractivity contribution < 1.29 is 9.90 Å². The molecule has 94 valence electrons. The van der Waals surface area contributed by atoms with Gasteiger partial charge in [-0.15, -0.1) is 0 Å². The van der Waals surface area contributed by atoms with Crippen molar-refractivity contribution in [3.05, 3.63) is 32.7 Å². The lowest BCUT2D eigenvalue weighted by Gasteiger charge is -2.27. The lowest BCUT2D eigenvalue weighted by Crippen LogP contribution is -2.48. The molecule has 0 radical (unpaired) electrons. The lowest BCUT2D eigenvalue weighted by molar-refractivity contribution is 0.0846. The third-order valence-corrected chi connectivity index (χ3v) is 3.90. The molecule has 0 heterocycles. The van der Waals surface area contributed by atoms with E-state index >= 15 is 0 Å². The van der Waals surface area contributed by atoms with Crippen LogP contribution in [-0.2, 0) is 0 Å². The van der Waals surface area contributed by atoms with Crippen molar-refractivity contribution in [1.29, 1.82) is 0 Å². The fraction of sp³-hybridized carbons (Fsp3) is 0.417. The predicted molar refractivity (Wildman–Crippen MR) is 75.1 cm³/mol. The zero-order valence-electron chi connectivity index (χ0n) is 9.76. The molecule has 0 aliphatic heterocycles. The first kappa shape index (κ1) is 14.7. The highest BCUT2D eigenvalue weighted by molar-refractivity contribution is 9.11. The number of hydrogen-bond donors (Lipinski definition) is 2. The van der Waals surface area contributed by atoms with Crippen LogP contribution in [0.3, 0.4) is 0 Å². The predicted octanol–water partition coefficient (Wildman–Crippen LogP) is 3.10. The van der Waals surface area contributed by atoms with E-state index in [9.17, 15) is 9.90 Å². The van der Waals surface area contributed by atoms with Gasteiger partial charge < -0.3 is 10.4 Å². The van der Waals surface area contributed by atoms with Crippen LogP contribution in [0.25, 0.3) is 0 Å². The van der Waals surface area contributed by atoms with Crippen LogP contribution in [-0.4, -0.2) is 23.2 Å². The van der Waals surface area contributed by atoms with Gasteiger partial charge in [-0.2, -0.15) is 0 Å². The maximum Gasteiger partial charge on any atom is 0.252 e. The highest BCUT2D eigenvalue weighted by Gasteiger charge is 2.24. The molecule has 17 heavy (non-hydrogen) atoms. The van der Waals surface area contributed by atoms with Gasteiger partial charge in [-0.05, 0) is 47.5 Å². The molecule has 0 spiro atoms. The second-order valence-corrected chi connectivity index (χ2v) is 5.92. The number of hydrogen-bond acceptors (Lipinski definition) is 2. The smallest absolute Gasteiger partial charge is 0.252 e. The molecule has 0 bridgehead atoms. The molecule has 5 heteroatoms. The highest BCUT2D eigenvalue weighted by Crippen LogP contribution is 2.22. The largest absolute Gasteiger partial charge is 0.394 e. The van der Waals surface area contributed by atoms with Crippen molar-refractivity contribution in [1.82, 2.24) is 5.32 Å². The SMILES string of the molecule is CCC(C)(CO)NC(=O)c1cc(Br)ccc1Br. The third-order valence-electron chi connectivity index (χ3n) is 2.72. The summed E-state index contributed by atoms with van der Waals surface area (Å²) in [6, 6.07) is 5.40. The lowest BCUT2D eigenvalue weighted by atomic mass is 9.99. The molecule has 1 unspecified atom stereocenters. The Hall–Kier alpha value is -0.390. The van der Waals surface area contributed by atoms with Crippen LogP contribution in [0.1, 0.15) is 30.6 Å². The molecule has 0 saturated carbocycles. The minimum Gasteiger partial charge on any atom is -0.394 e. The highest BCUT2D eigenvalue weighted by atomic mass is 79.9. The molecule has 3 nitrogen and oxygen atoms in total. The Morgan fingerprint density at radius 3 is 2.65 bits per heavy atom. The molecule has 1 aromatic rings. The van der Waals surface area contributed by atoms with E-state index in [-0.39, 0.29) is 12.5 Å². The van der Waals surface area contributed by atoms with E-state index in [2.05, 4.69) is 37.2 Å². The number of carbonyl (C=O) groups is 1. The van der Waals surface area contributed by atoms with Crippen molar-refractivity contribution in [2.24, 2.45) is 0 Å². The third kappa shape index (κ3) is 3.79. The van der Waals surface area contributed by atoms with Crippen LogP contribution in [0.5, 0.6) is 0 Å². The maximum atomic E-state index is 12.1. The molecule has 1 atom stereocenters. The summed E-state index contributed by atoms with van der Waals surface area (Å²) >= 11 is 6.67. The Morgan fingerprint density at radius 2 is 2.12 bits per heavy atom. The Balaban J connectivity index is 2.94. The van der Waals surface area contributed by atoms with Crippen molar-refractivity contribution in [3.63, 3.8) is 0 Å². The van der Waals surface area contributed by atoms with Gasteiger partial charge in [-0.25, -0.2) is 0 Å². The van der Waals surface area contributed by atoms with Gasteiger partial charge in [0.15, 0.2) is 0 Å². The van der Waals surface area contributed by atoms with E-state index in [1.165, 1.54) is 0 Å². The maximum absolute atomic E-state index is 12.1. The Bertz CT molecular complexity index is 417. The van der Waals surface area contributed by atoms with Gasteiger partial charge in [0.1, 0.15) is 0 Å². The van der Waals surface area contributed by atoms with Crippen molar-refractivity contribution in [2.75, 3.05) is 6.61 Å². The molecule has 1 rings (SSSR count). The minimum atomic E-state index is -0.584. The number of aliphatic hydroxyl groups is 1. The number of carbonyl (C=O) groups excluding carboxylic acids is 1. The molecule has 2 N–H and O–H groups in total. The second kappa shape index (κ2) is 5.98. The Morgan fingerprint density at radius 1 is 1.47 bits per heavy atom. The normalized spacial score (nSPS) is 14.2. The molecule has 1 amide bonds. The number of nitrogens with one attached hydrogen (secondary N) is 1. The van der Waals surface area contributed by atoms with Gasteiger partial charge in [-0.1, -0.05) is 22.9 Å². The summed E-state index contributed by atoms with van der Waals surface area (Å²) in [5.41, 5.74) is -0.0359. The summed E-state index contributed by atoms with van der Waals surface area (Å²) in [5.74, 6) is -0.198. The quantitative estimate of drug-likeness (QED) is 0.862. The topological polar surface area (TPSA) is 49.3 Å². The van der Waals surface area contributed by atoms with Crippen LogP contribution in [0.15, 0.2) is 27.1 Å². The summed E-state index contributed by atoms with van der Waals surface area (Å²) in [6.45, 7) is 3.66. The van der Waals surface area contributed by atoms with E-state index < -0.39 is 5.54 Å². The molecule has 0 saturated heterocycles. The van der Waals surface area contributed by atoms with Crippen LogP contribution in [0.4, 0.5) is 0 Å². The first-order valence-electron chi connectivity index (χ1n) is 5.30. The summed E-state index contributed by atoms with van der Waals surface area (Å²) in [5, 5.41) is 12.1. The number of benzene rings is 1. The number of amides is 1. The molecule has 0 aromatic heterocycles. The van der Waals surface area contributed by atoms with Crippen molar-refractivity contribution in [3.8, 4) is 0 Å². The number of aliphatic hydroxyl groups excluding tert-OH is 1. The van der Waals surface area contributed by atoms with Crippen molar-refractivity contribution in [2.45, 2.75) is 25.8 Å². The fourth-order valence-corrected chi connectivity index (χ4v) is 2.04. The minimum absolute atomic E-state index is 0.0825. The summed E-state index contributed by atoms with van der Waals surface area (Å²) in [6.07, 6.45) is 0.668. The molecule has 0 fully saturated rings. The average Bonchev–Trinajstić information content (AvgIpc) is 2.32. The summed E-state index contributed by atoms with van der Waals surface area (Å²) in [7, 11) is 0. The van der Waals surface area contributed by atoms with Gasteiger partial charge >= 0.3 is 0 Å². The first-order chi connectivity index (χ1) is 7.91. The first-order valence-corrected chi connectivity index (χ1v) is 6.89. The van der Waals surface area contributed by atoms with E-state index in [1.807, 2.05) is 19.9 Å². The zero-order valence-corrected chi connectivity index (χ0v) is 12.9.